The highest BCUT2D eigenvalue weighted by molar-refractivity contribution is 5.93. The smallest absolute Gasteiger partial charge is 0.341 e. The van der Waals surface area contributed by atoms with Gasteiger partial charge in [-0.05, 0) is 19.9 Å². The van der Waals surface area contributed by atoms with Gasteiger partial charge in [-0.3, -0.25) is 4.57 Å². The second kappa shape index (κ2) is 4.48. The van der Waals surface area contributed by atoms with Crippen LogP contribution < -0.4 is 5.73 Å². The number of aryl methyl sites for hydroxylation is 1. The number of imidazole rings is 1. The van der Waals surface area contributed by atoms with Crippen molar-refractivity contribution in [2.24, 2.45) is 0 Å². The van der Waals surface area contributed by atoms with Crippen LogP contribution in [0.15, 0.2) is 18.6 Å². The zero-order chi connectivity index (χ0) is 13.3. The van der Waals surface area contributed by atoms with E-state index in [1.54, 1.807) is 17.0 Å². The van der Waals surface area contributed by atoms with Crippen molar-refractivity contribution in [1.29, 1.82) is 0 Å². The maximum atomic E-state index is 11.7. The Morgan fingerprint density at radius 2 is 2.11 bits per heavy atom. The van der Waals surface area contributed by atoms with E-state index in [1.165, 1.54) is 13.3 Å². The Morgan fingerprint density at radius 1 is 1.39 bits per heavy atom. The molecule has 0 saturated carbocycles. The van der Waals surface area contributed by atoms with Crippen molar-refractivity contribution in [3.05, 3.63) is 35.5 Å². The van der Waals surface area contributed by atoms with Gasteiger partial charge in [0.1, 0.15) is 11.9 Å². The minimum Gasteiger partial charge on any atom is -0.465 e. The Morgan fingerprint density at radius 3 is 2.67 bits per heavy atom. The molecule has 2 aromatic rings. The molecule has 2 aromatic heterocycles. The van der Waals surface area contributed by atoms with E-state index in [0.29, 0.717) is 17.1 Å². The van der Waals surface area contributed by atoms with Gasteiger partial charge in [-0.25, -0.2) is 14.8 Å². The van der Waals surface area contributed by atoms with E-state index in [9.17, 15) is 4.79 Å². The van der Waals surface area contributed by atoms with E-state index >= 15 is 0 Å². The van der Waals surface area contributed by atoms with Gasteiger partial charge in [0.05, 0.1) is 24.7 Å². The highest BCUT2D eigenvalue weighted by atomic mass is 16.5. The number of rotatable bonds is 2. The van der Waals surface area contributed by atoms with Crippen LogP contribution in [0, 0.1) is 13.8 Å². The highest BCUT2D eigenvalue weighted by Crippen LogP contribution is 2.18. The van der Waals surface area contributed by atoms with Crippen LogP contribution in [-0.4, -0.2) is 27.6 Å². The lowest BCUT2D eigenvalue weighted by Crippen LogP contribution is -2.11. The summed E-state index contributed by atoms with van der Waals surface area (Å²) in [5.41, 5.74) is 8.17. The van der Waals surface area contributed by atoms with E-state index in [1.807, 2.05) is 13.8 Å². The Bertz CT molecular complexity index is 604. The molecule has 18 heavy (non-hydrogen) atoms. The number of hydrogen-bond donors (Lipinski definition) is 1. The van der Waals surface area contributed by atoms with Gasteiger partial charge >= 0.3 is 5.97 Å². The molecule has 0 aliphatic rings. The van der Waals surface area contributed by atoms with Crippen LogP contribution in [0.1, 0.15) is 21.7 Å². The number of aromatic nitrogens is 3. The van der Waals surface area contributed by atoms with Crippen LogP contribution in [0.2, 0.25) is 0 Å². The fraction of sp³-hybridized carbons (Fsp3) is 0.250. The van der Waals surface area contributed by atoms with E-state index in [2.05, 4.69) is 9.97 Å². The molecule has 0 aliphatic heterocycles. The molecule has 2 rings (SSSR count). The number of nitrogens with two attached hydrogens (primary N) is 1. The number of anilines is 1. The molecule has 6 nitrogen and oxygen atoms in total. The van der Waals surface area contributed by atoms with Gasteiger partial charge in [-0.2, -0.15) is 0 Å². The lowest BCUT2D eigenvalue weighted by molar-refractivity contribution is 0.0600. The molecule has 0 bridgehead atoms. The third-order valence-corrected chi connectivity index (χ3v) is 2.77. The molecule has 0 atom stereocenters. The number of carbonyl (C=O) groups excluding carboxylic acids is 1. The molecule has 0 spiro atoms. The van der Waals surface area contributed by atoms with Gasteiger partial charge in [-0.1, -0.05) is 0 Å². The standard InChI is InChI=1S/C12H14N4O2/c1-7-8(2)16(6-15-7)11-10(12(17)18-3)4-9(13)5-14-11/h4-6H,13H2,1-3H3. The normalized spacial score (nSPS) is 10.4. The van der Waals surface area contributed by atoms with Crippen LogP contribution in [0.3, 0.4) is 0 Å². The van der Waals surface area contributed by atoms with Crippen molar-refractivity contribution >= 4 is 11.7 Å². The molecule has 0 aromatic carbocycles. The Kier molecular flexibility index (Phi) is 3.01. The molecule has 0 fully saturated rings. The topological polar surface area (TPSA) is 83.0 Å². The third-order valence-electron chi connectivity index (χ3n) is 2.77. The molecule has 0 aliphatic carbocycles. The molecular weight excluding hydrogens is 232 g/mol. The second-order valence-corrected chi connectivity index (χ2v) is 3.92. The summed E-state index contributed by atoms with van der Waals surface area (Å²) in [6.07, 6.45) is 3.12. The molecule has 0 unspecified atom stereocenters. The maximum absolute atomic E-state index is 11.7. The predicted octanol–water partition coefficient (Wildman–Crippen LogP) is 1.25. The Balaban J connectivity index is 2.64. The minimum absolute atomic E-state index is 0.318. The zero-order valence-electron chi connectivity index (χ0n) is 10.5. The van der Waals surface area contributed by atoms with Crippen LogP contribution >= 0.6 is 0 Å². The summed E-state index contributed by atoms with van der Waals surface area (Å²) in [6, 6.07) is 1.54. The quantitative estimate of drug-likeness (QED) is 0.806. The van der Waals surface area contributed by atoms with Crippen molar-refractivity contribution in [2.75, 3.05) is 12.8 Å². The zero-order valence-corrected chi connectivity index (χ0v) is 10.5. The van der Waals surface area contributed by atoms with E-state index in [4.69, 9.17) is 10.5 Å². The monoisotopic (exact) mass is 246 g/mol. The number of ether oxygens (including phenoxy) is 1. The van der Waals surface area contributed by atoms with Gasteiger partial charge < -0.3 is 10.5 Å². The number of hydrogen-bond acceptors (Lipinski definition) is 5. The number of pyridine rings is 1. The highest BCUT2D eigenvalue weighted by Gasteiger charge is 2.17. The van der Waals surface area contributed by atoms with Crippen molar-refractivity contribution in [3.8, 4) is 5.82 Å². The summed E-state index contributed by atoms with van der Waals surface area (Å²) in [6.45, 7) is 3.79. The van der Waals surface area contributed by atoms with Gasteiger partial charge in [0.2, 0.25) is 0 Å². The number of methoxy groups -OCH3 is 1. The predicted molar refractivity (Wildman–Crippen MR) is 66.6 cm³/mol. The molecule has 0 radical (unpaired) electrons. The van der Waals surface area contributed by atoms with E-state index in [0.717, 1.165) is 11.4 Å². The number of nitrogens with zero attached hydrogens (tertiary/aromatic N) is 3. The summed E-state index contributed by atoms with van der Waals surface area (Å²) in [5, 5.41) is 0. The Hall–Kier alpha value is -2.37. The lowest BCUT2D eigenvalue weighted by Gasteiger charge is -2.10. The third kappa shape index (κ3) is 1.92. The van der Waals surface area contributed by atoms with Gasteiger partial charge in [0.15, 0.2) is 5.82 Å². The average Bonchev–Trinajstić information content (AvgIpc) is 2.69. The van der Waals surface area contributed by atoms with Gasteiger partial charge in [0.25, 0.3) is 0 Å². The molecular formula is C12H14N4O2. The average molecular weight is 246 g/mol. The maximum Gasteiger partial charge on any atom is 0.341 e. The van der Waals surface area contributed by atoms with E-state index in [-0.39, 0.29) is 0 Å². The number of esters is 1. The van der Waals surface area contributed by atoms with Crippen LogP contribution in [-0.2, 0) is 4.74 Å². The number of nitrogen functional groups attached to an aromatic ring is 1. The number of carbonyl (C=O) groups is 1. The minimum atomic E-state index is -0.476. The molecule has 0 amide bonds. The van der Waals surface area contributed by atoms with Crippen LogP contribution in [0.25, 0.3) is 5.82 Å². The van der Waals surface area contributed by atoms with Crippen molar-refractivity contribution in [1.82, 2.24) is 14.5 Å². The summed E-state index contributed by atoms with van der Waals surface area (Å²) >= 11 is 0. The first-order valence-corrected chi connectivity index (χ1v) is 5.39. The summed E-state index contributed by atoms with van der Waals surface area (Å²) in [5.74, 6) is -0.00953. The molecule has 6 heteroatoms. The first-order valence-electron chi connectivity index (χ1n) is 5.39. The van der Waals surface area contributed by atoms with Gasteiger partial charge in [-0.15, -0.1) is 0 Å². The molecule has 94 valence electrons. The Labute approximate surface area is 104 Å². The first kappa shape index (κ1) is 12.1. The lowest BCUT2D eigenvalue weighted by atomic mass is 10.2. The molecule has 0 saturated heterocycles. The molecule has 2 N–H and O–H groups in total. The first-order chi connectivity index (χ1) is 8.54. The van der Waals surface area contributed by atoms with Crippen molar-refractivity contribution < 1.29 is 9.53 Å². The van der Waals surface area contributed by atoms with Crippen molar-refractivity contribution in [3.63, 3.8) is 0 Å². The molecule has 2 heterocycles. The summed E-state index contributed by atoms with van der Waals surface area (Å²) in [4.78, 5) is 20.1. The van der Waals surface area contributed by atoms with Gasteiger partial charge in [0, 0.05) is 5.69 Å². The van der Waals surface area contributed by atoms with Crippen LogP contribution in [0.5, 0.6) is 0 Å². The van der Waals surface area contributed by atoms with E-state index < -0.39 is 5.97 Å². The summed E-state index contributed by atoms with van der Waals surface area (Å²) < 4.78 is 6.47. The largest absolute Gasteiger partial charge is 0.465 e. The van der Waals surface area contributed by atoms with Crippen molar-refractivity contribution in [2.45, 2.75) is 13.8 Å². The fourth-order valence-electron chi connectivity index (χ4n) is 1.64. The SMILES string of the molecule is COC(=O)c1cc(N)cnc1-n1cnc(C)c1C. The summed E-state index contributed by atoms with van der Waals surface area (Å²) in [7, 11) is 1.32. The van der Waals surface area contributed by atoms with Crippen LogP contribution in [0.4, 0.5) is 5.69 Å². The fourth-order valence-corrected chi connectivity index (χ4v) is 1.64. The second-order valence-electron chi connectivity index (χ2n) is 3.92.